The van der Waals surface area contributed by atoms with Crippen LogP contribution in [-0.4, -0.2) is 37.5 Å². The van der Waals surface area contributed by atoms with Gasteiger partial charge in [0.15, 0.2) is 27.8 Å². The third-order valence-corrected chi connectivity index (χ3v) is 8.37. The summed E-state index contributed by atoms with van der Waals surface area (Å²) in [5, 5.41) is 9.40. The molecule has 242 valence electrons. The first kappa shape index (κ1) is 33.0. The highest BCUT2D eigenvalue weighted by molar-refractivity contribution is 7.07. The Kier molecular flexibility index (Phi) is 10.1. The molecule has 11 heteroatoms. The molecule has 4 aromatic rings. The Morgan fingerprint density at radius 3 is 2.47 bits per heavy atom. The zero-order valence-electron chi connectivity index (χ0n) is 27.0. The highest BCUT2D eigenvalue weighted by Gasteiger charge is 2.34. The number of aromatic nitrogens is 1. The van der Waals surface area contributed by atoms with Crippen molar-refractivity contribution in [1.82, 2.24) is 4.57 Å². The number of nitrogens with zero attached hydrogens (tertiary/aromatic N) is 3. The fourth-order valence-corrected chi connectivity index (χ4v) is 6.31. The van der Waals surface area contributed by atoms with E-state index in [4.69, 9.17) is 23.7 Å². The van der Waals surface area contributed by atoms with Crippen molar-refractivity contribution in [3.8, 4) is 29.1 Å². The summed E-state index contributed by atoms with van der Waals surface area (Å²) in [7, 11) is 3.08. The summed E-state index contributed by atoms with van der Waals surface area (Å²) in [5.41, 5.74) is 3.05. The average molecular weight is 654 g/mol. The lowest BCUT2D eigenvalue weighted by Crippen LogP contribution is -2.40. The van der Waals surface area contributed by atoms with Crippen LogP contribution in [0.3, 0.4) is 0 Å². The van der Waals surface area contributed by atoms with E-state index in [9.17, 15) is 14.9 Å². The lowest BCUT2D eigenvalue weighted by Gasteiger charge is -2.25. The molecule has 0 spiro atoms. The van der Waals surface area contributed by atoms with E-state index < -0.39 is 12.0 Å². The van der Waals surface area contributed by atoms with Crippen molar-refractivity contribution in [2.75, 3.05) is 20.8 Å². The number of hydrogen-bond donors (Lipinski definition) is 0. The van der Waals surface area contributed by atoms with E-state index in [-0.39, 0.29) is 30.5 Å². The molecular formula is C36H35N3O7S. The molecule has 0 unspecified atom stereocenters. The van der Waals surface area contributed by atoms with E-state index in [2.05, 4.69) is 11.1 Å². The molecule has 1 aromatic heterocycles. The van der Waals surface area contributed by atoms with Crippen LogP contribution in [0.4, 0.5) is 0 Å². The highest BCUT2D eigenvalue weighted by Crippen LogP contribution is 2.36. The molecule has 0 N–H and O–H groups in total. The first-order valence-corrected chi connectivity index (χ1v) is 15.8. The number of fused-ring (bicyclic) bond motifs is 1. The predicted octanol–water partition coefficient (Wildman–Crippen LogP) is 5.05. The van der Waals surface area contributed by atoms with E-state index in [1.807, 2.05) is 38.1 Å². The molecule has 0 amide bonds. The summed E-state index contributed by atoms with van der Waals surface area (Å²) >= 11 is 1.22. The summed E-state index contributed by atoms with van der Waals surface area (Å²) in [6.07, 6.45) is 1.67. The lowest BCUT2D eigenvalue weighted by molar-refractivity contribution is -0.139. The van der Waals surface area contributed by atoms with Gasteiger partial charge in [-0.15, -0.1) is 0 Å². The SMILES string of the molecule is CCOC(=O)C1=C(C)N=c2s/c(=C\c3ccc(OCc4ccccc4C#N)c(OC)c3)c(=O)n2[C@H]1c1ccc(OC(C)C)c(OC)c1. The number of allylic oxidation sites excluding steroid dienone is 1. The van der Waals surface area contributed by atoms with Crippen molar-refractivity contribution in [3.05, 3.63) is 114 Å². The Balaban J connectivity index is 1.57. The van der Waals surface area contributed by atoms with Crippen LogP contribution in [0.15, 0.2) is 81.7 Å². The third kappa shape index (κ3) is 6.93. The van der Waals surface area contributed by atoms with Crippen molar-refractivity contribution in [3.63, 3.8) is 0 Å². The number of esters is 1. The standard InChI is InChI=1S/C36H35N3O7S/c1-7-44-35(41)32-22(4)38-36-39(33(32)24-13-15-28(46-21(2)3)30(18-24)43-6)34(40)31(47-36)17-23-12-14-27(29(16-23)42-5)45-20-26-11-9-8-10-25(26)19-37/h8-18,21,33H,7,20H2,1-6H3/b31-17-/t33-/m0/s1. The minimum atomic E-state index is -0.809. The van der Waals surface area contributed by atoms with Crippen LogP contribution in [0.2, 0.25) is 0 Å². The molecule has 0 saturated heterocycles. The van der Waals surface area contributed by atoms with Crippen LogP contribution >= 0.6 is 11.3 Å². The molecule has 0 fully saturated rings. The van der Waals surface area contributed by atoms with Gasteiger partial charge in [0, 0.05) is 5.56 Å². The maximum absolute atomic E-state index is 14.1. The van der Waals surface area contributed by atoms with Gasteiger partial charge in [-0.2, -0.15) is 5.26 Å². The average Bonchev–Trinajstić information content (AvgIpc) is 3.36. The van der Waals surface area contributed by atoms with Crippen molar-refractivity contribution >= 4 is 23.4 Å². The lowest BCUT2D eigenvalue weighted by atomic mass is 9.95. The molecule has 1 aliphatic rings. The molecule has 10 nitrogen and oxygen atoms in total. The molecule has 1 atom stereocenters. The number of thiazole rings is 1. The number of methoxy groups -OCH3 is 2. The summed E-state index contributed by atoms with van der Waals surface area (Å²) in [6, 6.07) is 19.3. The number of carbonyl (C=O) groups is 1. The zero-order valence-corrected chi connectivity index (χ0v) is 27.8. The van der Waals surface area contributed by atoms with Gasteiger partial charge in [-0.25, -0.2) is 9.79 Å². The predicted molar refractivity (Wildman–Crippen MR) is 178 cm³/mol. The van der Waals surface area contributed by atoms with E-state index in [0.29, 0.717) is 54.7 Å². The minimum Gasteiger partial charge on any atom is -0.493 e. The van der Waals surface area contributed by atoms with Crippen molar-refractivity contribution in [2.24, 2.45) is 4.99 Å². The topological polar surface area (TPSA) is 121 Å². The van der Waals surface area contributed by atoms with Gasteiger partial charge in [-0.3, -0.25) is 9.36 Å². The maximum atomic E-state index is 14.1. The minimum absolute atomic E-state index is 0.0795. The monoisotopic (exact) mass is 653 g/mol. The van der Waals surface area contributed by atoms with Gasteiger partial charge in [0.1, 0.15) is 6.61 Å². The summed E-state index contributed by atoms with van der Waals surface area (Å²) in [6.45, 7) is 7.67. The normalized spacial score (nSPS) is 14.3. The van der Waals surface area contributed by atoms with Gasteiger partial charge in [0.2, 0.25) is 0 Å². The molecule has 1 aliphatic heterocycles. The quantitative estimate of drug-likeness (QED) is 0.206. The molecule has 2 heterocycles. The Hall–Kier alpha value is -5.34. The van der Waals surface area contributed by atoms with Gasteiger partial charge >= 0.3 is 5.97 Å². The Labute approximate surface area is 276 Å². The van der Waals surface area contributed by atoms with Crippen LogP contribution in [0, 0.1) is 11.3 Å². The second-order valence-corrected chi connectivity index (χ2v) is 11.9. The fourth-order valence-electron chi connectivity index (χ4n) is 5.27. The molecule has 0 aliphatic carbocycles. The van der Waals surface area contributed by atoms with Crippen LogP contribution in [0.25, 0.3) is 6.08 Å². The molecule has 0 saturated carbocycles. The first-order chi connectivity index (χ1) is 22.7. The summed E-state index contributed by atoms with van der Waals surface area (Å²) in [5.74, 6) is 1.43. The highest BCUT2D eigenvalue weighted by atomic mass is 32.1. The summed E-state index contributed by atoms with van der Waals surface area (Å²) < 4.78 is 30.5. The smallest absolute Gasteiger partial charge is 0.338 e. The number of nitriles is 1. The van der Waals surface area contributed by atoms with Gasteiger partial charge in [-0.1, -0.05) is 41.7 Å². The molecule has 0 radical (unpaired) electrons. The maximum Gasteiger partial charge on any atom is 0.338 e. The Morgan fingerprint density at radius 1 is 1.04 bits per heavy atom. The van der Waals surface area contributed by atoms with E-state index in [1.54, 1.807) is 63.4 Å². The van der Waals surface area contributed by atoms with Gasteiger partial charge in [0.25, 0.3) is 5.56 Å². The second kappa shape index (κ2) is 14.4. The van der Waals surface area contributed by atoms with Crippen LogP contribution in [0.5, 0.6) is 23.0 Å². The van der Waals surface area contributed by atoms with Gasteiger partial charge in [0.05, 0.1) is 60.4 Å². The van der Waals surface area contributed by atoms with Gasteiger partial charge < -0.3 is 23.7 Å². The number of benzene rings is 3. The molecule has 0 bridgehead atoms. The second-order valence-electron chi connectivity index (χ2n) is 10.8. The number of carbonyl (C=O) groups excluding carboxylic acids is 1. The molecule has 47 heavy (non-hydrogen) atoms. The molecule has 5 rings (SSSR count). The Morgan fingerprint density at radius 2 is 1.77 bits per heavy atom. The molecule has 3 aromatic carbocycles. The van der Waals surface area contributed by atoms with Gasteiger partial charge in [-0.05, 0) is 75.2 Å². The number of rotatable bonds is 11. The first-order valence-electron chi connectivity index (χ1n) is 15.0. The van der Waals surface area contributed by atoms with E-state index in [0.717, 1.165) is 5.56 Å². The zero-order chi connectivity index (χ0) is 33.7. The van der Waals surface area contributed by atoms with Crippen LogP contribution < -0.4 is 33.8 Å². The Bertz CT molecular complexity index is 2070. The van der Waals surface area contributed by atoms with Crippen molar-refractivity contribution in [2.45, 2.75) is 46.4 Å². The fraction of sp³-hybridized carbons (Fsp3) is 0.278. The van der Waals surface area contributed by atoms with E-state index in [1.165, 1.54) is 23.0 Å². The summed E-state index contributed by atoms with van der Waals surface area (Å²) in [4.78, 5) is 32.5. The van der Waals surface area contributed by atoms with Crippen molar-refractivity contribution in [1.29, 1.82) is 5.26 Å². The van der Waals surface area contributed by atoms with Crippen LogP contribution in [-0.2, 0) is 16.1 Å². The van der Waals surface area contributed by atoms with Crippen molar-refractivity contribution < 1.29 is 28.5 Å². The largest absolute Gasteiger partial charge is 0.493 e. The third-order valence-electron chi connectivity index (χ3n) is 7.39. The van der Waals surface area contributed by atoms with Crippen LogP contribution in [0.1, 0.15) is 56.0 Å². The number of hydrogen-bond acceptors (Lipinski definition) is 10. The molecular weight excluding hydrogens is 618 g/mol. The number of ether oxygens (including phenoxy) is 5. The van der Waals surface area contributed by atoms with E-state index >= 15 is 0 Å².